The average molecular weight is 505 g/mol. The average Bonchev–Trinajstić information content (AvgIpc) is 3.26. The van der Waals surface area contributed by atoms with Gasteiger partial charge in [-0.2, -0.15) is 5.10 Å². The van der Waals surface area contributed by atoms with Crippen molar-refractivity contribution in [2.45, 2.75) is 33.2 Å². The summed E-state index contributed by atoms with van der Waals surface area (Å²) < 4.78 is 13.3. The van der Waals surface area contributed by atoms with Gasteiger partial charge in [0, 0.05) is 16.1 Å². The highest BCUT2D eigenvalue weighted by molar-refractivity contribution is 6.30. The van der Waals surface area contributed by atoms with Crippen LogP contribution in [0.25, 0.3) is 22.5 Å². The minimum absolute atomic E-state index is 0.262. The van der Waals surface area contributed by atoms with Gasteiger partial charge in [0.25, 0.3) is 0 Å². The smallest absolute Gasteiger partial charge is 0.341 e. The fourth-order valence-electron chi connectivity index (χ4n) is 4.20. The molecule has 0 radical (unpaired) electrons. The Bertz CT molecular complexity index is 1380. The summed E-state index contributed by atoms with van der Waals surface area (Å²) in [5, 5.41) is 14.9. The third kappa shape index (κ3) is 5.55. The number of benzene rings is 3. The molecule has 7 heteroatoms. The van der Waals surface area contributed by atoms with Crippen LogP contribution in [0.3, 0.4) is 0 Å². The lowest BCUT2D eigenvalue weighted by Gasteiger charge is -2.16. The van der Waals surface area contributed by atoms with E-state index >= 15 is 0 Å². The van der Waals surface area contributed by atoms with E-state index in [1.807, 2.05) is 72.3 Å². The van der Waals surface area contributed by atoms with Gasteiger partial charge in [0.2, 0.25) is 0 Å². The maximum atomic E-state index is 11.3. The van der Waals surface area contributed by atoms with E-state index < -0.39 is 12.6 Å². The van der Waals surface area contributed by atoms with Crippen molar-refractivity contribution in [1.29, 1.82) is 0 Å². The van der Waals surface area contributed by atoms with Crippen LogP contribution in [0.15, 0.2) is 66.7 Å². The van der Waals surface area contributed by atoms with E-state index in [9.17, 15) is 9.90 Å². The molecule has 0 saturated heterocycles. The molecule has 0 bridgehead atoms. The molecule has 0 spiro atoms. The number of ether oxygens (including phenoxy) is 2. The lowest BCUT2D eigenvalue weighted by atomic mass is 9.95. The Morgan fingerprint density at radius 3 is 2.44 bits per heavy atom. The highest BCUT2D eigenvalue weighted by Gasteiger charge is 2.20. The first-order valence-corrected chi connectivity index (χ1v) is 12.1. The normalized spacial score (nSPS) is 11.1. The summed E-state index contributed by atoms with van der Waals surface area (Å²) in [6, 6.07) is 21.5. The second-order valence-corrected chi connectivity index (χ2v) is 9.38. The van der Waals surface area contributed by atoms with E-state index in [0.29, 0.717) is 23.0 Å². The second-order valence-electron chi connectivity index (χ2n) is 8.94. The van der Waals surface area contributed by atoms with Gasteiger partial charge in [-0.25, -0.2) is 4.79 Å². The fraction of sp³-hybridized carbons (Fsp3) is 0.241. The number of methoxy groups -OCH3 is 1. The van der Waals surface area contributed by atoms with Crippen LogP contribution in [0.2, 0.25) is 5.02 Å². The van der Waals surface area contributed by atoms with E-state index in [0.717, 1.165) is 39.3 Å². The van der Waals surface area contributed by atoms with Crippen LogP contribution >= 0.6 is 11.6 Å². The molecule has 0 fully saturated rings. The summed E-state index contributed by atoms with van der Waals surface area (Å²) in [4.78, 5) is 11.3. The molecule has 3 aromatic carbocycles. The predicted molar refractivity (Wildman–Crippen MR) is 142 cm³/mol. The standard InChI is InChI=1S/C29H29ClN2O4/c1-18(2)22-13-19(3)29(27(14-22)36-17-28(33)34)24-15-25(20-9-11-23(30)12-10-20)32(31-24)16-21-7-5-6-8-26(21)35-4/h5-15,18H,16-17H2,1-4H3,(H,33,34). The summed E-state index contributed by atoms with van der Waals surface area (Å²) >= 11 is 6.15. The number of carboxylic acids is 1. The molecule has 0 aliphatic carbocycles. The number of aryl methyl sites for hydroxylation is 1. The number of hydrogen-bond acceptors (Lipinski definition) is 4. The molecule has 0 aliphatic heterocycles. The van der Waals surface area contributed by atoms with E-state index in [-0.39, 0.29) is 5.92 Å². The van der Waals surface area contributed by atoms with Gasteiger partial charge in [-0.1, -0.05) is 61.8 Å². The Labute approximate surface area is 216 Å². The van der Waals surface area contributed by atoms with Crippen molar-refractivity contribution >= 4 is 17.6 Å². The molecular formula is C29H29ClN2O4. The second kappa shape index (κ2) is 10.9. The number of aliphatic carboxylic acids is 1. The summed E-state index contributed by atoms with van der Waals surface area (Å²) in [7, 11) is 1.65. The number of carbonyl (C=O) groups is 1. The van der Waals surface area contributed by atoms with Crippen LogP contribution < -0.4 is 9.47 Å². The molecular weight excluding hydrogens is 476 g/mol. The van der Waals surface area contributed by atoms with Crippen LogP contribution in [0.1, 0.15) is 36.5 Å². The molecule has 0 saturated carbocycles. The van der Waals surface area contributed by atoms with Gasteiger partial charge in [0.05, 0.1) is 25.0 Å². The zero-order valence-electron chi connectivity index (χ0n) is 20.8. The van der Waals surface area contributed by atoms with Gasteiger partial charge < -0.3 is 14.6 Å². The molecule has 6 nitrogen and oxygen atoms in total. The fourth-order valence-corrected chi connectivity index (χ4v) is 4.33. The van der Waals surface area contributed by atoms with Crippen LogP contribution in [-0.4, -0.2) is 34.6 Å². The van der Waals surface area contributed by atoms with E-state index in [1.165, 1.54) is 0 Å². The molecule has 36 heavy (non-hydrogen) atoms. The first kappa shape index (κ1) is 25.3. The number of aromatic nitrogens is 2. The zero-order valence-corrected chi connectivity index (χ0v) is 21.5. The molecule has 0 atom stereocenters. The molecule has 0 aliphatic rings. The maximum Gasteiger partial charge on any atom is 0.341 e. The zero-order chi connectivity index (χ0) is 25.8. The van der Waals surface area contributed by atoms with Crippen molar-refractivity contribution in [2.75, 3.05) is 13.7 Å². The lowest BCUT2D eigenvalue weighted by molar-refractivity contribution is -0.139. The molecule has 1 N–H and O–H groups in total. The number of hydrogen-bond donors (Lipinski definition) is 1. The van der Waals surface area contributed by atoms with Gasteiger partial charge in [-0.15, -0.1) is 0 Å². The number of para-hydroxylation sites is 1. The van der Waals surface area contributed by atoms with Crippen molar-refractivity contribution in [2.24, 2.45) is 0 Å². The summed E-state index contributed by atoms with van der Waals surface area (Å²) in [6.07, 6.45) is 0. The Hall–Kier alpha value is -3.77. The summed E-state index contributed by atoms with van der Waals surface area (Å²) in [5.41, 5.74) is 6.34. The number of halogens is 1. The van der Waals surface area contributed by atoms with Crippen LogP contribution in [0.5, 0.6) is 11.5 Å². The van der Waals surface area contributed by atoms with Gasteiger partial charge in [-0.05, 0) is 59.9 Å². The monoisotopic (exact) mass is 504 g/mol. The van der Waals surface area contributed by atoms with Crippen LogP contribution in [-0.2, 0) is 11.3 Å². The van der Waals surface area contributed by atoms with Crippen molar-refractivity contribution in [1.82, 2.24) is 9.78 Å². The minimum atomic E-state index is -1.03. The summed E-state index contributed by atoms with van der Waals surface area (Å²) in [6.45, 7) is 6.23. The Morgan fingerprint density at radius 1 is 1.06 bits per heavy atom. The van der Waals surface area contributed by atoms with Crippen molar-refractivity contribution in [3.63, 3.8) is 0 Å². The van der Waals surface area contributed by atoms with Gasteiger partial charge in [-0.3, -0.25) is 4.68 Å². The predicted octanol–water partition coefficient (Wildman–Crippen LogP) is 6.82. The van der Waals surface area contributed by atoms with Crippen molar-refractivity contribution in [3.05, 3.63) is 88.4 Å². The molecule has 4 rings (SSSR count). The highest BCUT2D eigenvalue weighted by Crippen LogP contribution is 2.38. The van der Waals surface area contributed by atoms with Crippen LogP contribution in [0.4, 0.5) is 0 Å². The number of rotatable bonds is 9. The number of carboxylic acid groups (broad SMARTS) is 1. The first-order valence-electron chi connectivity index (χ1n) is 11.7. The van der Waals surface area contributed by atoms with E-state index in [4.69, 9.17) is 26.2 Å². The van der Waals surface area contributed by atoms with E-state index in [1.54, 1.807) is 7.11 Å². The Balaban J connectivity index is 1.88. The number of nitrogens with zero attached hydrogens (tertiary/aromatic N) is 2. The first-order chi connectivity index (χ1) is 17.3. The van der Waals surface area contributed by atoms with Gasteiger partial charge in [0.1, 0.15) is 11.5 Å². The van der Waals surface area contributed by atoms with Crippen LogP contribution in [0, 0.1) is 6.92 Å². The quantitative estimate of drug-likeness (QED) is 0.270. The minimum Gasteiger partial charge on any atom is -0.496 e. The third-order valence-electron chi connectivity index (χ3n) is 6.03. The SMILES string of the molecule is COc1ccccc1Cn1nc(-c2c(C)cc(C(C)C)cc2OCC(=O)O)cc1-c1ccc(Cl)cc1. The maximum absolute atomic E-state index is 11.3. The van der Waals surface area contributed by atoms with Gasteiger partial charge in [0.15, 0.2) is 6.61 Å². The third-order valence-corrected chi connectivity index (χ3v) is 6.28. The van der Waals surface area contributed by atoms with Crippen molar-refractivity contribution < 1.29 is 19.4 Å². The van der Waals surface area contributed by atoms with Crippen molar-refractivity contribution in [3.8, 4) is 34.0 Å². The Kier molecular flexibility index (Phi) is 7.65. The summed E-state index contributed by atoms with van der Waals surface area (Å²) in [5.74, 6) is 0.514. The van der Waals surface area contributed by atoms with Gasteiger partial charge >= 0.3 is 5.97 Å². The highest BCUT2D eigenvalue weighted by atomic mass is 35.5. The largest absolute Gasteiger partial charge is 0.496 e. The van der Waals surface area contributed by atoms with E-state index in [2.05, 4.69) is 19.9 Å². The molecule has 1 heterocycles. The lowest BCUT2D eigenvalue weighted by Crippen LogP contribution is -2.11. The topological polar surface area (TPSA) is 73.6 Å². The molecule has 0 amide bonds. The molecule has 1 aromatic heterocycles. The molecule has 186 valence electrons. The Morgan fingerprint density at radius 2 is 1.78 bits per heavy atom. The molecule has 0 unspecified atom stereocenters. The molecule has 4 aromatic rings.